The number of phosphoric ester groups is 1. The van der Waals surface area contributed by atoms with Crippen molar-refractivity contribution in [1.29, 1.82) is 0 Å². The molecule has 3 unspecified atom stereocenters. The number of amides is 1. The summed E-state index contributed by atoms with van der Waals surface area (Å²) in [4.78, 5) is 37.6. The Bertz CT molecular complexity index is 1600. The average Bonchev–Trinajstić information content (AvgIpc) is 3.34. The molecule has 72 heavy (non-hydrogen) atoms. The van der Waals surface area contributed by atoms with E-state index in [0.717, 1.165) is 96.3 Å². The highest BCUT2D eigenvalue weighted by Crippen LogP contribution is 2.43. The standard InChI is InChI=1S/C62H107N2O7P/c1-7-10-13-16-19-22-25-28-30-31-32-33-34-36-39-42-45-48-51-54-61(65)63-59(58-70-72(67,68)69-57-56-64(4,5)6)60(53-50-47-44-41-38-35-27-24-21-18-15-12-9-3)71-62(66)55-52-49-46-43-40-37-29-26-23-20-17-14-11-8-2/h10-11,13-14,19-20,22-23,28,30,32-33,36,39,45,48,50,53,59-60H,7-9,12,15-18,21,24-27,29,31,34-35,37-38,40-44,46-47,49,51-52,54-58H2,1-6H3,(H-,63,65,67,68)/p+1/b13-10-,14-11+,22-19-,23-20+,30-28-,33-32-,39-36-,48-45-,53-50-. The number of carbonyl (C=O) groups is 2. The van der Waals surface area contributed by atoms with Crippen LogP contribution in [0.5, 0.6) is 0 Å². The van der Waals surface area contributed by atoms with Crippen LogP contribution in [0.4, 0.5) is 0 Å². The Hall–Kier alpha value is -3.33. The summed E-state index contributed by atoms with van der Waals surface area (Å²) in [5, 5.41) is 2.99. The maximum Gasteiger partial charge on any atom is 0.472 e. The van der Waals surface area contributed by atoms with Gasteiger partial charge in [-0.1, -0.05) is 220 Å². The van der Waals surface area contributed by atoms with Crippen molar-refractivity contribution in [2.75, 3.05) is 40.9 Å². The Morgan fingerprint density at radius 3 is 1.36 bits per heavy atom. The molecule has 10 heteroatoms. The van der Waals surface area contributed by atoms with Crippen LogP contribution in [0.15, 0.2) is 109 Å². The molecule has 0 aliphatic heterocycles. The van der Waals surface area contributed by atoms with Crippen LogP contribution in [-0.2, 0) is 27.9 Å². The molecule has 2 N–H and O–H groups in total. The smallest absolute Gasteiger partial charge is 0.456 e. The fourth-order valence-corrected chi connectivity index (χ4v) is 8.32. The van der Waals surface area contributed by atoms with E-state index in [4.69, 9.17) is 13.8 Å². The molecule has 0 heterocycles. The predicted molar refractivity (Wildman–Crippen MR) is 309 cm³/mol. The van der Waals surface area contributed by atoms with Gasteiger partial charge in [-0.05, 0) is 96.0 Å². The third kappa shape index (κ3) is 51.6. The van der Waals surface area contributed by atoms with Gasteiger partial charge in [-0.2, -0.15) is 0 Å². The molecule has 0 aliphatic rings. The van der Waals surface area contributed by atoms with E-state index >= 15 is 0 Å². The van der Waals surface area contributed by atoms with E-state index < -0.39 is 20.0 Å². The molecule has 0 aromatic heterocycles. The van der Waals surface area contributed by atoms with Crippen LogP contribution in [0.1, 0.15) is 220 Å². The summed E-state index contributed by atoms with van der Waals surface area (Å²) in [6.45, 7) is 6.71. The Morgan fingerprint density at radius 1 is 0.500 bits per heavy atom. The lowest BCUT2D eigenvalue weighted by Crippen LogP contribution is -2.47. The molecule has 3 atom stereocenters. The van der Waals surface area contributed by atoms with Gasteiger partial charge in [0.15, 0.2) is 0 Å². The molecule has 0 saturated carbocycles. The number of carbonyl (C=O) groups excluding carboxylic acids is 2. The highest BCUT2D eigenvalue weighted by Gasteiger charge is 2.30. The Kier molecular flexibility index (Phi) is 48.8. The fraction of sp³-hybridized carbons (Fsp3) is 0.677. The third-order valence-corrected chi connectivity index (χ3v) is 13.0. The molecule has 1 amide bonds. The summed E-state index contributed by atoms with van der Waals surface area (Å²) in [5.41, 5.74) is 0. The Labute approximate surface area is 442 Å². The van der Waals surface area contributed by atoms with Crippen molar-refractivity contribution in [2.24, 2.45) is 0 Å². The largest absolute Gasteiger partial charge is 0.472 e. The van der Waals surface area contributed by atoms with Crippen LogP contribution in [0, 0.1) is 0 Å². The first-order chi connectivity index (χ1) is 34.9. The lowest BCUT2D eigenvalue weighted by molar-refractivity contribution is -0.870. The second-order valence-corrected chi connectivity index (χ2v) is 21.5. The van der Waals surface area contributed by atoms with Gasteiger partial charge in [0.05, 0.1) is 33.8 Å². The number of hydrogen-bond acceptors (Lipinski definition) is 6. The summed E-state index contributed by atoms with van der Waals surface area (Å²) in [7, 11) is 1.43. The molecule has 9 nitrogen and oxygen atoms in total. The first kappa shape index (κ1) is 68.7. The molecule has 0 radical (unpaired) electrons. The van der Waals surface area contributed by atoms with E-state index in [9.17, 15) is 19.0 Å². The lowest BCUT2D eigenvalue weighted by Gasteiger charge is -2.27. The second-order valence-electron chi connectivity index (χ2n) is 20.0. The van der Waals surface area contributed by atoms with Crippen molar-refractivity contribution in [1.82, 2.24) is 5.32 Å². The SMILES string of the molecule is CC/C=C\C/C=C\C/C=C\C/C=C\C/C=C\C/C=C\CCC(=O)NC(COP(=O)(O)OCC[N+](C)(C)C)C(/C=C\CCCCCCCCCCCCC)OC(=O)CCCCCCCCC/C=C/C/C=C/CC. The van der Waals surface area contributed by atoms with E-state index in [1.165, 1.54) is 77.0 Å². The maximum atomic E-state index is 13.5. The summed E-state index contributed by atoms with van der Waals surface area (Å²) < 4.78 is 30.6. The third-order valence-electron chi connectivity index (χ3n) is 12.0. The minimum absolute atomic E-state index is 0.0199. The lowest BCUT2D eigenvalue weighted by atomic mass is 10.0. The number of esters is 1. The first-order valence-electron chi connectivity index (χ1n) is 28.7. The molecule has 0 fully saturated rings. The molecular weight excluding hydrogens is 916 g/mol. The van der Waals surface area contributed by atoms with Crippen LogP contribution < -0.4 is 5.32 Å². The van der Waals surface area contributed by atoms with E-state index in [-0.39, 0.29) is 37.9 Å². The molecule has 0 aliphatic carbocycles. The Morgan fingerprint density at radius 2 is 0.903 bits per heavy atom. The van der Waals surface area contributed by atoms with Crippen LogP contribution in [-0.4, -0.2) is 74.3 Å². The van der Waals surface area contributed by atoms with Crippen molar-refractivity contribution >= 4 is 19.7 Å². The van der Waals surface area contributed by atoms with E-state index in [1.54, 1.807) is 0 Å². The number of hydrogen-bond donors (Lipinski definition) is 2. The molecule has 0 rings (SSSR count). The van der Waals surface area contributed by atoms with Gasteiger partial charge in [0, 0.05) is 12.8 Å². The molecule has 412 valence electrons. The van der Waals surface area contributed by atoms with Crippen molar-refractivity contribution in [3.63, 3.8) is 0 Å². The monoisotopic (exact) mass is 1020 g/mol. The topological polar surface area (TPSA) is 111 Å². The first-order valence-corrected chi connectivity index (χ1v) is 30.2. The van der Waals surface area contributed by atoms with E-state index in [1.807, 2.05) is 45.4 Å². The summed E-state index contributed by atoms with van der Waals surface area (Å²) in [6.07, 6.45) is 69.6. The zero-order valence-electron chi connectivity index (χ0n) is 46.9. The summed E-state index contributed by atoms with van der Waals surface area (Å²) >= 11 is 0. The number of nitrogens with one attached hydrogen (secondary N) is 1. The molecule has 0 saturated heterocycles. The van der Waals surface area contributed by atoms with Gasteiger partial charge >= 0.3 is 13.8 Å². The molecule has 0 aromatic rings. The quantitative estimate of drug-likeness (QED) is 0.0205. The number of likely N-dealkylation sites (N-methyl/N-ethyl adjacent to an activating group) is 1. The number of allylic oxidation sites excluding steroid dienone is 17. The predicted octanol–water partition coefficient (Wildman–Crippen LogP) is 17.4. The number of phosphoric acid groups is 1. The minimum atomic E-state index is -4.47. The fourth-order valence-electron chi connectivity index (χ4n) is 7.59. The van der Waals surface area contributed by atoms with Gasteiger partial charge < -0.3 is 19.4 Å². The maximum absolute atomic E-state index is 13.5. The number of ether oxygens (including phenoxy) is 1. The number of rotatable bonds is 50. The molecule has 0 spiro atoms. The van der Waals surface area contributed by atoms with Crippen LogP contribution in [0.2, 0.25) is 0 Å². The Balaban J connectivity index is 5.50. The molecular formula is C62H108N2O7P+. The van der Waals surface area contributed by atoms with Crippen molar-refractivity contribution < 1.29 is 37.3 Å². The average molecular weight is 1020 g/mol. The number of nitrogens with zero attached hydrogens (tertiary/aromatic N) is 1. The van der Waals surface area contributed by atoms with Crippen molar-refractivity contribution in [3.8, 4) is 0 Å². The van der Waals surface area contributed by atoms with Gasteiger partial charge in [0.1, 0.15) is 19.3 Å². The van der Waals surface area contributed by atoms with Gasteiger partial charge in [0.2, 0.25) is 5.91 Å². The molecule has 0 bridgehead atoms. The van der Waals surface area contributed by atoms with E-state index in [0.29, 0.717) is 23.9 Å². The second kappa shape index (κ2) is 51.2. The summed E-state index contributed by atoms with van der Waals surface area (Å²) in [5.74, 6) is -0.620. The van der Waals surface area contributed by atoms with Crippen molar-refractivity contribution in [3.05, 3.63) is 109 Å². The number of quaternary nitrogens is 1. The number of unbranched alkanes of at least 4 members (excludes halogenated alkanes) is 18. The van der Waals surface area contributed by atoms with Crippen LogP contribution in [0.25, 0.3) is 0 Å². The zero-order valence-corrected chi connectivity index (χ0v) is 47.8. The van der Waals surface area contributed by atoms with Gasteiger partial charge in [-0.15, -0.1) is 0 Å². The van der Waals surface area contributed by atoms with E-state index in [2.05, 4.69) is 111 Å². The summed E-state index contributed by atoms with van der Waals surface area (Å²) in [6, 6.07) is -0.898. The van der Waals surface area contributed by atoms with Gasteiger partial charge in [0.25, 0.3) is 0 Å². The normalized spacial score (nSPS) is 14.6. The molecule has 0 aromatic carbocycles. The highest BCUT2D eigenvalue weighted by molar-refractivity contribution is 7.47. The zero-order chi connectivity index (χ0) is 52.9. The van der Waals surface area contributed by atoms with Crippen LogP contribution >= 0.6 is 7.82 Å². The van der Waals surface area contributed by atoms with Gasteiger partial charge in [-0.25, -0.2) is 4.57 Å². The van der Waals surface area contributed by atoms with Gasteiger partial charge in [-0.3, -0.25) is 18.6 Å². The minimum Gasteiger partial charge on any atom is -0.456 e. The van der Waals surface area contributed by atoms with Crippen molar-refractivity contribution in [2.45, 2.75) is 232 Å². The van der Waals surface area contributed by atoms with Crippen LogP contribution in [0.3, 0.4) is 0 Å². The highest BCUT2D eigenvalue weighted by atomic mass is 31.2.